The highest BCUT2D eigenvalue weighted by Crippen LogP contribution is 2.42. The molecule has 0 bridgehead atoms. The second kappa shape index (κ2) is 13.8. The molecule has 204 valence electrons. The van der Waals surface area contributed by atoms with Crippen LogP contribution in [0.25, 0.3) is 11.1 Å². The summed E-state index contributed by atoms with van der Waals surface area (Å²) in [7, 11) is 0. The zero-order chi connectivity index (χ0) is 26.2. The summed E-state index contributed by atoms with van der Waals surface area (Å²) in [6, 6.07) is 8.73. The first-order valence-electron chi connectivity index (χ1n) is 14.9. The van der Waals surface area contributed by atoms with E-state index < -0.39 is 17.5 Å². The maximum absolute atomic E-state index is 15.2. The molecule has 0 aromatic heterocycles. The van der Waals surface area contributed by atoms with Gasteiger partial charge in [-0.1, -0.05) is 63.8 Å². The van der Waals surface area contributed by atoms with Crippen LogP contribution in [0, 0.1) is 29.3 Å². The van der Waals surface area contributed by atoms with E-state index in [-0.39, 0.29) is 17.0 Å². The number of rotatable bonds is 11. The van der Waals surface area contributed by atoms with E-state index in [4.69, 9.17) is 4.74 Å². The summed E-state index contributed by atoms with van der Waals surface area (Å²) in [5.74, 6) is -0.892. The monoisotopic (exact) mass is 514 g/mol. The number of hydrogen-bond acceptors (Lipinski definition) is 1. The van der Waals surface area contributed by atoms with Gasteiger partial charge in [0, 0.05) is 13.2 Å². The second-order valence-corrected chi connectivity index (χ2v) is 11.6. The standard InChI is InChI=1S/C33H45F3O/c1-3-5-6-7-23-8-14-27(15-9-23)29-21-30(34)31(33(36)32(29)35)28-18-16-26(17-19-28)25-12-10-24(11-13-25)22-37-20-4-2/h16-19,21,23-25,27H,3-15,20,22H2,1-2H3. The van der Waals surface area contributed by atoms with Crippen LogP contribution in [0.4, 0.5) is 13.2 Å². The van der Waals surface area contributed by atoms with Gasteiger partial charge in [-0.25, -0.2) is 13.2 Å². The van der Waals surface area contributed by atoms with Gasteiger partial charge in [0.05, 0.1) is 5.56 Å². The van der Waals surface area contributed by atoms with Crippen molar-refractivity contribution in [3.05, 3.63) is 58.9 Å². The highest BCUT2D eigenvalue weighted by molar-refractivity contribution is 5.66. The highest BCUT2D eigenvalue weighted by Gasteiger charge is 2.29. The van der Waals surface area contributed by atoms with E-state index in [0.29, 0.717) is 23.3 Å². The van der Waals surface area contributed by atoms with Crippen LogP contribution >= 0.6 is 0 Å². The van der Waals surface area contributed by atoms with E-state index in [1.54, 1.807) is 12.1 Å². The maximum atomic E-state index is 15.2. The van der Waals surface area contributed by atoms with E-state index in [2.05, 4.69) is 13.8 Å². The van der Waals surface area contributed by atoms with Crippen LogP contribution < -0.4 is 0 Å². The lowest BCUT2D eigenvalue weighted by molar-refractivity contribution is 0.0832. The molecule has 0 N–H and O–H groups in total. The summed E-state index contributed by atoms with van der Waals surface area (Å²) < 4.78 is 51.4. The Labute approximate surface area is 222 Å². The molecule has 0 unspecified atom stereocenters. The van der Waals surface area contributed by atoms with E-state index in [9.17, 15) is 0 Å². The molecule has 4 heteroatoms. The lowest BCUT2D eigenvalue weighted by Crippen LogP contribution is -2.18. The Morgan fingerprint density at radius 3 is 2.03 bits per heavy atom. The average Bonchev–Trinajstić information content (AvgIpc) is 2.92. The van der Waals surface area contributed by atoms with Crippen molar-refractivity contribution >= 4 is 0 Å². The summed E-state index contributed by atoms with van der Waals surface area (Å²) >= 11 is 0. The van der Waals surface area contributed by atoms with Crippen molar-refractivity contribution in [3.8, 4) is 11.1 Å². The quantitative estimate of drug-likeness (QED) is 0.214. The van der Waals surface area contributed by atoms with Gasteiger partial charge in [0.2, 0.25) is 0 Å². The van der Waals surface area contributed by atoms with E-state index >= 15 is 13.2 Å². The summed E-state index contributed by atoms with van der Waals surface area (Å²) in [4.78, 5) is 0. The predicted molar refractivity (Wildman–Crippen MR) is 146 cm³/mol. The fourth-order valence-corrected chi connectivity index (χ4v) is 6.60. The smallest absolute Gasteiger partial charge is 0.169 e. The number of ether oxygens (including phenoxy) is 1. The van der Waals surface area contributed by atoms with Crippen LogP contribution in [0.15, 0.2) is 30.3 Å². The number of unbranched alkanes of at least 4 members (excludes halogenated alkanes) is 2. The minimum atomic E-state index is -1.04. The Morgan fingerprint density at radius 1 is 0.730 bits per heavy atom. The van der Waals surface area contributed by atoms with Crippen LogP contribution in [-0.4, -0.2) is 13.2 Å². The largest absolute Gasteiger partial charge is 0.381 e. The van der Waals surface area contributed by atoms with Crippen LogP contribution in [0.5, 0.6) is 0 Å². The predicted octanol–water partition coefficient (Wildman–Crippen LogP) is 10.3. The fraction of sp³-hybridized carbons (Fsp3) is 0.636. The van der Waals surface area contributed by atoms with E-state index in [1.165, 1.54) is 37.3 Å². The SMILES string of the molecule is CCCCCC1CCC(c2cc(F)c(-c3ccc(C4CCC(COCCC)CC4)cc3)c(F)c2F)CC1. The van der Waals surface area contributed by atoms with E-state index in [1.807, 2.05) is 12.1 Å². The minimum absolute atomic E-state index is 0.0923. The molecule has 0 heterocycles. The van der Waals surface area contributed by atoms with Crippen LogP contribution in [-0.2, 0) is 4.74 Å². The third kappa shape index (κ3) is 7.19. The molecule has 4 rings (SSSR count). The zero-order valence-corrected chi connectivity index (χ0v) is 22.8. The Bertz CT molecular complexity index is 970. The summed E-state index contributed by atoms with van der Waals surface area (Å²) in [6.45, 7) is 6.01. The third-order valence-electron chi connectivity index (χ3n) is 8.91. The topological polar surface area (TPSA) is 9.23 Å². The molecule has 2 saturated carbocycles. The number of benzene rings is 2. The number of hydrogen-bond donors (Lipinski definition) is 0. The Hall–Kier alpha value is -1.81. The molecule has 2 aliphatic carbocycles. The Kier molecular flexibility index (Phi) is 10.5. The molecule has 2 fully saturated rings. The van der Waals surface area contributed by atoms with Gasteiger partial charge >= 0.3 is 0 Å². The van der Waals surface area contributed by atoms with Crippen molar-refractivity contribution in [3.63, 3.8) is 0 Å². The van der Waals surface area contributed by atoms with Gasteiger partial charge in [-0.05, 0) is 104 Å². The average molecular weight is 515 g/mol. The van der Waals surface area contributed by atoms with E-state index in [0.717, 1.165) is 71.0 Å². The molecular formula is C33H45F3O. The highest BCUT2D eigenvalue weighted by atomic mass is 19.2. The molecule has 1 nitrogen and oxygen atoms in total. The van der Waals surface area contributed by atoms with Gasteiger partial charge in [-0.3, -0.25) is 0 Å². The van der Waals surface area contributed by atoms with Gasteiger partial charge in [0.1, 0.15) is 5.82 Å². The van der Waals surface area contributed by atoms with Gasteiger partial charge in [0.25, 0.3) is 0 Å². The molecule has 0 saturated heterocycles. The molecule has 0 radical (unpaired) electrons. The molecule has 0 amide bonds. The summed E-state index contributed by atoms with van der Waals surface area (Å²) in [5, 5.41) is 0. The Morgan fingerprint density at radius 2 is 1.38 bits per heavy atom. The lowest BCUT2D eigenvalue weighted by atomic mass is 9.76. The zero-order valence-electron chi connectivity index (χ0n) is 22.8. The van der Waals surface area contributed by atoms with Crippen molar-refractivity contribution in [2.24, 2.45) is 11.8 Å². The molecule has 0 atom stereocenters. The molecule has 0 aliphatic heterocycles. The summed E-state index contributed by atoms with van der Waals surface area (Å²) in [6.07, 6.45) is 14.1. The van der Waals surface area contributed by atoms with Gasteiger partial charge in [0.15, 0.2) is 11.6 Å². The number of halogens is 3. The van der Waals surface area contributed by atoms with Gasteiger partial charge in [-0.15, -0.1) is 0 Å². The minimum Gasteiger partial charge on any atom is -0.381 e. The second-order valence-electron chi connectivity index (χ2n) is 11.6. The van der Waals surface area contributed by atoms with Crippen molar-refractivity contribution < 1.29 is 17.9 Å². The first kappa shape index (κ1) is 28.2. The molecule has 2 aromatic rings. The van der Waals surface area contributed by atoms with Crippen molar-refractivity contribution in [1.29, 1.82) is 0 Å². The third-order valence-corrected chi connectivity index (χ3v) is 8.91. The normalized spacial score (nSPS) is 24.4. The van der Waals surface area contributed by atoms with Gasteiger partial charge < -0.3 is 4.74 Å². The molecule has 37 heavy (non-hydrogen) atoms. The Balaban J connectivity index is 1.39. The van der Waals surface area contributed by atoms with Crippen LogP contribution in [0.1, 0.15) is 120 Å². The van der Waals surface area contributed by atoms with Crippen LogP contribution in [0.2, 0.25) is 0 Å². The fourth-order valence-electron chi connectivity index (χ4n) is 6.60. The first-order chi connectivity index (χ1) is 18.0. The molecule has 2 aliphatic rings. The molecule has 2 aromatic carbocycles. The molecule has 0 spiro atoms. The summed E-state index contributed by atoms with van der Waals surface area (Å²) in [5.41, 5.74) is 1.59. The van der Waals surface area contributed by atoms with Crippen molar-refractivity contribution in [1.82, 2.24) is 0 Å². The van der Waals surface area contributed by atoms with Crippen LogP contribution in [0.3, 0.4) is 0 Å². The lowest BCUT2D eigenvalue weighted by Gasteiger charge is -2.29. The van der Waals surface area contributed by atoms with Crippen molar-refractivity contribution in [2.45, 2.75) is 109 Å². The molecular weight excluding hydrogens is 469 g/mol. The maximum Gasteiger partial charge on any atom is 0.169 e. The van der Waals surface area contributed by atoms with Crippen molar-refractivity contribution in [2.75, 3.05) is 13.2 Å². The van der Waals surface area contributed by atoms with Gasteiger partial charge in [-0.2, -0.15) is 0 Å². The first-order valence-corrected chi connectivity index (χ1v) is 14.9.